The van der Waals surface area contributed by atoms with Gasteiger partial charge >= 0.3 is 5.97 Å². The van der Waals surface area contributed by atoms with Crippen LogP contribution in [0.15, 0.2) is 0 Å². The normalized spacial score (nSPS) is 23.0. The average molecular weight is 310 g/mol. The van der Waals surface area contributed by atoms with Crippen molar-refractivity contribution in [3.05, 3.63) is 0 Å². The molecule has 0 spiro atoms. The smallest absolute Gasteiger partial charge is 0.310 e. The van der Waals surface area contributed by atoms with Crippen LogP contribution in [0, 0.1) is 5.41 Å². The number of nitrogens with zero attached hydrogens (tertiary/aromatic N) is 2. The summed E-state index contributed by atoms with van der Waals surface area (Å²) in [5, 5.41) is 9.37. The highest BCUT2D eigenvalue weighted by Crippen LogP contribution is 2.45. The van der Waals surface area contributed by atoms with E-state index < -0.39 is 17.4 Å². The first-order chi connectivity index (χ1) is 10.4. The molecule has 2 amide bonds. The Morgan fingerprint density at radius 2 is 1.82 bits per heavy atom. The lowest BCUT2D eigenvalue weighted by molar-refractivity contribution is -0.160. The van der Waals surface area contributed by atoms with Gasteiger partial charge in [0.1, 0.15) is 6.04 Å². The molecule has 0 aromatic heterocycles. The molecule has 2 aliphatic rings. The van der Waals surface area contributed by atoms with Gasteiger partial charge in [-0.2, -0.15) is 0 Å². The Labute approximate surface area is 131 Å². The minimum absolute atomic E-state index is 0.00571. The molecule has 1 unspecified atom stereocenters. The maximum absolute atomic E-state index is 12.6. The molecule has 1 aliphatic heterocycles. The molecule has 1 heterocycles. The topological polar surface area (TPSA) is 77.9 Å². The molecule has 1 N–H and O–H groups in total. The third kappa shape index (κ3) is 2.96. The highest BCUT2D eigenvalue weighted by atomic mass is 16.4. The molecule has 2 rings (SSSR count). The summed E-state index contributed by atoms with van der Waals surface area (Å²) in [5.41, 5.74) is -0.886. The second-order valence-electron chi connectivity index (χ2n) is 6.37. The number of aliphatic carboxylic acids is 1. The van der Waals surface area contributed by atoms with Crippen LogP contribution < -0.4 is 0 Å². The van der Waals surface area contributed by atoms with E-state index in [-0.39, 0.29) is 18.2 Å². The molecule has 1 saturated heterocycles. The Kier molecular flexibility index (Phi) is 5.08. The maximum Gasteiger partial charge on any atom is 0.310 e. The van der Waals surface area contributed by atoms with E-state index in [0.29, 0.717) is 38.9 Å². The number of hydrogen-bond donors (Lipinski definition) is 1. The van der Waals surface area contributed by atoms with Crippen molar-refractivity contribution in [1.29, 1.82) is 0 Å². The molecule has 1 atom stereocenters. The zero-order valence-electron chi connectivity index (χ0n) is 13.5. The number of likely N-dealkylation sites (N-methyl/N-ethyl adjacent to an activating group) is 1. The molecule has 0 aromatic carbocycles. The second kappa shape index (κ2) is 6.67. The van der Waals surface area contributed by atoms with Gasteiger partial charge < -0.3 is 14.9 Å². The monoisotopic (exact) mass is 310 g/mol. The fraction of sp³-hybridized carbons (Fsp3) is 0.812. The van der Waals surface area contributed by atoms with Gasteiger partial charge in [0.15, 0.2) is 0 Å². The van der Waals surface area contributed by atoms with Gasteiger partial charge in [0.05, 0.1) is 5.41 Å². The van der Waals surface area contributed by atoms with Crippen molar-refractivity contribution in [2.45, 2.75) is 58.4 Å². The predicted octanol–water partition coefficient (Wildman–Crippen LogP) is 1.49. The molecule has 124 valence electrons. The molecule has 0 bridgehead atoms. The third-order valence-corrected chi connectivity index (χ3v) is 5.19. The summed E-state index contributed by atoms with van der Waals surface area (Å²) in [6.07, 6.45) is 3.52. The SMILES string of the molecule is CCN(CC)C(=O)C1CCCN1C(=O)CC1(C(=O)O)CCC1. The van der Waals surface area contributed by atoms with Gasteiger partial charge in [-0.25, -0.2) is 0 Å². The summed E-state index contributed by atoms with van der Waals surface area (Å²) >= 11 is 0. The van der Waals surface area contributed by atoms with Gasteiger partial charge in [-0.15, -0.1) is 0 Å². The van der Waals surface area contributed by atoms with Crippen LogP contribution in [0.4, 0.5) is 0 Å². The number of carbonyl (C=O) groups excluding carboxylic acids is 2. The van der Waals surface area contributed by atoms with Crippen molar-refractivity contribution in [2.75, 3.05) is 19.6 Å². The van der Waals surface area contributed by atoms with E-state index in [1.165, 1.54) is 0 Å². The largest absolute Gasteiger partial charge is 0.481 e. The number of carboxylic acids is 1. The van der Waals surface area contributed by atoms with Crippen molar-refractivity contribution in [1.82, 2.24) is 9.80 Å². The summed E-state index contributed by atoms with van der Waals surface area (Å²) in [6, 6.07) is -0.404. The van der Waals surface area contributed by atoms with Crippen LogP contribution in [0.1, 0.15) is 52.4 Å². The number of rotatable bonds is 6. The molecule has 0 aromatic rings. The zero-order chi connectivity index (χ0) is 16.3. The summed E-state index contributed by atoms with van der Waals surface area (Å²) in [4.78, 5) is 39.9. The van der Waals surface area contributed by atoms with Crippen LogP contribution in [0.3, 0.4) is 0 Å². The van der Waals surface area contributed by atoms with Crippen molar-refractivity contribution in [2.24, 2.45) is 5.41 Å². The van der Waals surface area contributed by atoms with Gasteiger partial charge in [-0.05, 0) is 39.5 Å². The van der Waals surface area contributed by atoms with Crippen molar-refractivity contribution in [3.63, 3.8) is 0 Å². The highest BCUT2D eigenvalue weighted by molar-refractivity contribution is 5.91. The van der Waals surface area contributed by atoms with Crippen molar-refractivity contribution in [3.8, 4) is 0 Å². The Balaban J connectivity index is 2.05. The number of carboxylic acid groups (broad SMARTS) is 1. The molecular formula is C16H26N2O4. The van der Waals surface area contributed by atoms with Gasteiger partial charge in [0, 0.05) is 26.1 Å². The minimum atomic E-state index is -0.886. The number of hydrogen-bond acceptors (Lipinski definition) is 3. The van der Waals surface area contributed by atoms with E-state index >= 15 is 0 Å². The Morgan fingerprint density at radius 1 is 1.18 bits per heavy atom. The van der Waals surface area contributed by atoms with Crippen molar-refractivity contribution < 1.29 is 19.5 Å². The Morgan fingerprint density at radius 3 is 2.27 bits per heavy atom. The Bertz CT molecular complexity index is 455. The van der Waals surface area contributed by atoms with Gasteiger partial charge in [-0.3, -0.25) is 14.4 Å². The molecule has 2 fully saturated rings. The highest BCUT2D eigenvalue weighted by Gasteiger charge is 2.48. The van der Waals surface area contributed by atoms with Gasteiger partial charge in [0.2, 0.25) is 11.8 Å². The van der Waals surface area contributed by atoms with E-state index in [9.17, 15) is 19.5 Å². The van der Waals surface area contributed by atoms with Gasteiger partial charge in [-0.1, -0.05) is 6.42 Å². The van der Waals surface area contributed by atoms with E-state index in [0.717, 1.165) is 12.8 Å². The zero-order valence-corrected chi connectivity index (χ0v) is 13.5. The van der Waals surface area contributed by atoms with Crippen LogP contribution in [-0.4, -0.2) is 58.4 Å². The molecule has 1 saturated carbocycles. The lowest BCUT2D eigenvalue weighted by atomic mass is 9.66. The molecule has 6 nitrogen and oxygen atoms in total. The average Bonchev–Trinajstić information content (AvgIpc) is 2.92. The van der Waals surface area contributed by atoms with Gasteiger partial charge in [0.25, 0.3) is 0 Å². The number of amides is 2. The third-order valence-electron chi connectivity index (χ3n) is 5.19. The first-order valence-corrected chi connectivity index (χ1v) is 8.27. The van der Waals surface area contributed by atoms with Crippen LogP contribution >= 0.6 is 0 Å². The minimum Gasteiger partial charge on any atom is -0.481 e. The molecule has 0 radical (unpaired) electrons. The first-order valence-electron chi connectivity index (χ1n) is 8.27. The van der Waals surface area contributed by atoms with E-state index in [1.54, 1.807) is 9.80 Å². The fourth-order valence-electron chi connectivity index (χ4n) is 3.53. The van der Waals surface area contributed by atoms with E-state index in [2.05, 4.69) is 0 Å². The Hall–Kier alpha value is -1.59. The summed E-state index contributed by atoms with van der Waals surface area (Å²) in [7, 11) is 0. The quantitative estimate of drug-likeness (QED) is 0.806. The molecule has 6 heteroatoms. The lowest BCUT2D eigenvalue weighted by Crippen LogP contribution is -2.50. The number of likely N-dealkylation sites (tertiary alicyclic amines) is 1. The van der Waals surface area contributed by atoms with Crippen LogP contribution in [0.5, 0.6) is 0 Å². The summed E-state index contributed by atoms with van der Waals surface area (Å²) < 4.78 is 0. The summed E-state index contributed by atoms with van der Waals surface area (Å²) in [5.74, 6) is -1.06. The maximum atomic E-state index is 12.6. The van der Waals surface area contributed by atoms with E-state index in [1.807, 2.05) is 13.8 Å². The van der Waals surface area contributed by atoms with Crippen LogP contribution in [-0.2, 0) is 14.4 Å². The predicted molar refractivity (Wildman–Crippen MR) is 81.2 cm³/mol. The molecule has 1 aliphatic carbocycles. The molecule has 22 heavy (non-hydrogen) atoms. The fourth-order valence-corrected chi connectivity index (χ4v) is 3.53. The van der Waals surface area contributed by atoms with Crippen molar-refractivity contribution >= 4 is 17.8 Å². The standard InChI is InChI=1S/C16H26N2O4/c1-3-17(4-2)14(20)12-7-5-10-18(12)13(19)11-16(15(21)22)8-6-9-16/h12H,3-11H2,1-2H3,(H,21,22). The number of carbonyl (C=O) groups is 3. The summed E-state index contributed by atoms with van der Waals surface area (Å²) in [6.45, 7) is 5.68. The lowest BCUT2D eigenvalue weighted by Gasteiger charge is -2.39. The second-order valence-corrected chi connectivity index (χ2v) is 6.37. The van der Waals surface area contributed by atoms with Crippen LogP contribution in [0.25, 0.3) is 0 Å². The first kappa shape index (κ1) is 16.8. The van der Waals surface area contributed by atoms with E-state index in [4.69, 9.17) is 0 Å². The van der Waals surface area contributed by atoms with Crippen LogP contribution in [0.2, 0.25) is 0 Å². The molecular weight excluding hydrogens is 284 g/mol.